The quantitative estimate of drug-likeness (QED) is 0.252. The molecule has 0 aromatic heterocycles. The van der Waals surface area contributed by atoms with E-state index in [1.54, 1.807) is 6.08 Å². The smallest absolute Gasteiger partial charge is 0.331 e. The number of allylic oxidation sites excluding steroid dienone is 1. The van der Waals surface area contributed by atoms with Crippen molar-refractivity contribution >= 4 is 28.6 Å². The zero-order valence-electron chi connectivity index (χ0n) is 10.1. The largest absolute Gasteiger partial charge is 0.457 e. The summed E-state index contributed by atoms with van der Waals surface area (Å²) in [7, 11) is 0. The molecule has 0 radical (unpaired) electrons. The van der Waals surface area contributed by atoms with Gasteiger partial charge in [0, 0.05) is 6.08 Å². The van der Waals surface area contributed by atoms with E-state index in [0.29, 0.717) is 0 Å². The number of alkyl halides is 1. The molecule has 0 saturated carbocycles. The van der Waals surface area contributed by atoms with E-state index >= 15 is 0 Å². The minimum atomic E-state index is -0.393. The van der Waals surface area contributed by atoms with Crippen LogP contribution in [0.1, 0.15) is 47.0 Å². The molecule has 0 atom stereocenters. The molecule has 0 unspecified atom stereocenters. The van der Waals surface area contributed by atoms with Gasteiger partial charge in [-0.2, -0.15) is 0 Å². The number of halogens is 1. The van der Waals surface area contributed by atoms with Crippen LogP contribution < -0.4 is 0 Å². The molecule has 15 heavy (non-hydrogen) atoms. The van der Waals surface area contributed by atoms with Crippen LogP contribution in [0.5, 0.6) is 0 Å². The van der Waals surface area contributed by atoms with Crippen molar-refractivity contribution in [3.8, 4) is 0 Å². The molecule has 0 spiro atoms. The normalized spacial score (nSPS) is 12.7. The molecular formula is C12H21IO2. The van der Waals surface area contributed by atoms with Crippen LogP contribution in [0.2, 0.25) is 0 Å². The molecule has 2 nitrogen and oxygen atoms in total. The summed E-state index contributed by atoms with van der Waals surface area (Å²) < 4.78 is 6.38. The van der Waals surface area contributed by atoms with E-state index in [-0.39, 0.29) is 5.97 Å². The first kappa shape index (κ1) is 14.9. The highest BCUT2D eigenvalue weighted by atomic mass is 127. The predicted octanol–water partition coefficient (Wildman–Crippen LogP) is 3.88. The number of carbonyl (C=O) groups is 1. The van der Waals surface area contributed by atoms with E-state index in [0.717, 1.165) is 18.4 Å². The first-order chi connectivity index (χ1) is 6.85. The van der Waals surface area contributed by atoms with Crippen molar-refractivity contribution in [3.05, 3.63) is 11.6 Å². The van der Waals surface area contributed by atoms with Crippen LogP contribution in [0.4, 0.5) is 0 Å². The second-order valence-electron chi connectivity index (χ2n) is 4.67. The predicted molar refractivity (Wildman–Crippen MR) is 72.3 cm³/mol. The van der Waals surface area contributed by atoms with E-state index < -0.39 is 5.60 Å². The van der Waals surface area contributed by atoms with Gasteiger partial charge in [-0.3, -0.25) is 0 Å². The molecule has 0 aromatic rings. The third-order valence-electron chi connectivity index (χ3n) is 1.73. The number of ether oxygens (including phenoxy) is 1. The van der Waals surface area contributed by atoms with Crippen molar-refractivity contribution in [2.45, 2.75) is 52.6 Å². The van der Waals surface area contributed by atoms with Crippen molar-refractivity contribution in [1.82, 2.24) is 0 Å². The van der Waals surface area contributed by atoms with Gasteiger partial charge in [0.1, 0.15) is 5.60 Å². The molecule has 0 fully saturated rings. The number of esters is 1. The molecule has 0 aliphatic heterocycles. The van der Waals surface area contributed by atoms with Gasteiger partial charge in [-0.15, -0.1) is 0 Å². The lowest BCUT2D eigenvalue weighted by atomic mass is 10.1. The van der Waals surface area contributed by atoms with Gasteiger partial charge in [0.05, 0.1) is 0 Å². The van der Waals surface area contributed by atoms with Crippen LogP contribution >= 0.6 is 22.6 Å². The number of rotatable bonds is 5. The maximum absolute atomic E-state index is 11.4. The first-order valence-corrected chi connectivity index (χ1v) is 6.84. The minimum absolute atomic E-state index is 0.227. The highest BCUT2D eigenvalue weighted by Crippen LogP contribution is 2.11. The van der Waals surface area contributed by atoms with Crippen molar-refractivity contribution < 1.29 is 9.53 Å². The van der Waals surface area contributed by atoms with Crippen molar-refractivity contribution in [3.63, 3.8) is 0 Å². The Kier molecular flexibility index (Phi) is 7.22. The molecule has 0 aliphatic rings. The highest BCUT2D eigenvalue weighted by molar-refractivity contribution is 14.1. The summed E-state index contributed by atoms with van der Waals surface area (Å²) in [6.45, 7) is 7.62. The van der Waals surface area contributed by atoms with Crippen LogP contribution in [0.3, 0.4) is 0 Å². The zero-order chi connectivity index (χ0) is 11.9. The second-order valence-corrected chi connectivity index (χ2v) is 5.75. The average molecular weight is 324 g/mol. The van der Waals surface area contributed by atoms with Crippen molar-refractivity contribution in [2.75, 3.05) is 4.43 Å². The molecule has 0 saturated heterocycles. The van der Waals surface area contributed by atoms with Crippen molar-refractivity contribution in [2.24, 2.45) is 0 Å². The summed E-state index contributed by atoms with van der Waals surface area (Å²) in [5.74, 6) is -0.227. The van der Waals surface area contributed by atoms with Gasteiger partial charge in [-0.1, -0.05) is 28.2 Å². The Bertz CT molecular complexity index is 226. The molecule has 3 heteroatoms. The fourth-order valence-corrected chi connectivity index (χ4v) is 1.64. The van der Waals surface area contributed by atoms with E-state index in [1.165, 1.54) is 10.8 Å². The summed E-state index contributed by atoms with van der Waals surface area (Å²) in [6.07, 6.45) is 4.95. The Balaban J connectivity index is 3.96. The van der Waals surface area contributed by atoms with Gasteiger partial charge >= 0.3 is 5.97 Å². The number of carbonyl (C=O) groups excluding carboxylic acids is 1. The van der Waals surface area contributed by atoms with E-state index in [2.05, 4.69) is 22.6 Å². The topological polar surface area (TPSA) is 26.3 Å². The van der Waals surface area contributed by atoms with Gasteiger partial charge in [0.2, 0.25) is 0 Å². The van der Waals surface area contributed by atoms with Gasteiger partial charge in [0.25, 0.3) is 0 Å². The maximum Gasteiger partial charge on any atom is 0.331 e. The molecule has 88 valence electrons. The lowest BCUT2D eigenvalue weighted by Gasteiger charge is -2.18. The maximum atomic E-state index is 11.4. The molecule has 0 bridgehead atoms. The third-order valence-corrected chi connectivity index (χ3v) is 2.49. The lowest BCUT2D eigenvalue weighted by molar-refractivity contribution is -0.148. The summed E-state index contributed by atoms with van der Waals surface area (Å²) in [5, 5.41) is 0. The van der Waals surface area contributed by atoms with E-state index in [1.807, 2.05) is 27.7 Å². The SMILES string of the molecule is CC(=CC(=O)OC(C)(C)C)CCCCI. The first-order valence-electron chi connectivity index (χ1n) is 5.31. The van der Waals surface area contributed by atoms with Gasteiger partial charge in [-0.25, -0.2) is 4.79 Å². The fourth-order valence-electron chi connectivity index (χ4n) is 1.10. The Morgan fingerprint density at radius 1 is 1.33 bits per heavy atom. The van der Waals surface area contributed by atoms with Gasteiger partial charge in [-0.05, 0) is 51.4 Å². The lowest BCUT2D eigenvalue weighted by Crippen LogP contribution is -2.22. The molecule has 0 aromatic carbocycles. The standard InChI is InChI=1S/C12H21IO2/c1-10(7-5-6-8-13)9-11(14)15-12(2,3)4/h9H,5-8H2,1-4H3. The molecular weight excluding hydrogens is 303 g/mol. The zero-order valence-corrected chi connectivity index (χ0v) is 12.3. The number of hydrogen-bond acceptors (Lipinski definition) is 2. The van der Waals surface area contributed by atoms with Crippen molar-refractivity contribution in [1.29, 1.82) is 0 Å². The summed E-state index contributed by atoms with van der Waals surface area (Å²) in [4.78, 5) is 11.4. The Labute approximate surface area is 107 Å². The van der Waals surface area contributed by atoms with E-state index in [9.17, 15) is 4.79 Å². The molecule has 0 N–H and O–H groups in total. The summed E-state index contributed by atoms with van der Waals surface area (Å²) in [5.41, 5.74) is 0.713. The molecule has 0 aliphatic carbocycles. The van der Waals surface area contributed by atoms with Crippen LogP contribution in [0.25, 0.3) is 0 Å². The van der Waals surface area contributed by atoms with Crippen LogP contribution in [0.15, 0.2) is 11.6 Å². The number of unbranched alkanes of at least 4 members (excludes halogenated alkanes) is 1. The van der Waals surface area contributed by atoms with Gasteiger partial charge in [0.15, 0.2) is 0 Å². The summed E-state index contributed by atoms with van der Waals surface area (Å²) in [6, 6.07) is 0. The third kappa shape index (κ3) is 10.2. The Morgan fingerprint density at radius 2 is 1.93 bits per heavy atom. The van der Waals surface area contributed by atoms with Crippen LogP contribution in [0, 0.1) is 0 Å². The monoisotopic (exact) mass is 324 g/mol. The van der Waals surface area contributed by atoms with E-state index in [4.69, 9.17) is 4.74 Å². The number of hydrogen-bond donors (Lipinski definition) is 0. The molecule has 0 heterocycles. The Morgan fingerprint density at radius 3 is 2.40 bits per heavy atom. The molecule has 0 amide bonds. The highest BCUT2D eigenvalue weighted by Gasteiger charge is 2.14. The Hall–Kier alpha value is -0.0600. The van der Waals surface area contributed by atoms with Crippen LogP contribution in [-0.4, -0.2) is 16.0 Å². The fraction of sp³-hybridized carbons (Fsp3) is 0.750. The average Bonchev–Trinajstić information content (AvgIpc) is 2.00. The van der Waals surface area contributed by atoms with Crippen LogP contribution in [-0.2, 0) is 9.53 Å². The second kappa shape index (κ2) is 7.25. The molecule has 0 rings (SSSR count). The summed E-state index contributed by atoms with van der Waals surface area (Å²) >= 11 is 2.37. The minimum Gasteiger partial charge on any atom is -0.457 e. The van der Waals surface area contributed by atoms with Gasteiger partial charge < -0.3 is 4.74 Å².